The first-order valence-electron chi connectivity index (χ1n) is 14.5. The maximum absolute atomic E-state index is 5.43. The molecular weight excluding hydrogens is 541 g/mol. The van der Waals surface area contributed by atoms with E-state index in [-0.39, 0.29) is 0 Å². The predicted molar refractivity (Wildman–Crippen MR) is 184 cm³/mol. The predicted octanol–water partition coefficient (Wildman–Crippen LogP) is 11.3. The lowest BCUT2D eigenvalue weighted by atomic mass is 9.94. The molecule has 9 aromatic rings. The average molecular weight is 565 g/mol. The Kier molecular flexibility index (Phi) is 5.40. The molecule has 43 heavy (non-hydrogen) atoms. The van der Waals surface area contributed by atoms with E-state index in [9.17, 15) is 0 Å². The first-order chi connectivity index (χ1) is 21.3. The largest absolute Gasteiger partial charge is 0.256 e. The molecule has 0 amide bonds. The number of benzene rings is 6. The SMILES string of the molecule is c1ccc(-c2cccc(-c3cc4c(ccc5sc6c7ccccc7ccc6c54)c(-c4cccc5ccccc45)n3)c2)nc1. The van der Waals surface area contributed by atoms with Crippen LogP contribution in [-0.4, -0.2) is 9.97 Å². The molecule has 3 heteroatoms. The highest BCUT2D eigenvalue weighted by molar-refractivity contribution is 7.26. The molecule has 200 valence electrons. The lowest BCUT2D eigenvalue weighted by Gasteiger charge is -2.14. The maximum atomic E-state index is 5.43. The molecule has 3 aromatic heterocycles. The third-order valence-corrected chi connectivity index (χ3v) is 9.70. The van der Waals surface area contributed by atoms with E-state index in [1.54, 1.807) is 0 Å². The third kappa shape index (κ3) is 3.86. The number of thiophene rings is 1. The quantitative estimate of drug-likeness (QED) is 0.213. The van der Waals surface area contributed by atoms with Gasteiger partial charge in [-0.2, -0.15) is 0 Å². The van der Waals surface area contributed by atoms with E-state index in [1.165, 1.54) is 52.5 Å². The van der Waals surface area contributed by atoms with Crippen LogP contribution in [0.25, 0.3) is 86.3 Å². The number of hydrogen-bond acceptors (Lipinski definition) is 3. The van der Waals surface area contributed by atoms with Gasteiger partial charge in [-0.25, -0.2) is 4.98 Å². The lowest BCUT2D eigenvalue weighted by Crippen LogP contribution is -1.93. The van der Waals surface area contributed by atoms with Crippen molar-refractivity contribution in [2.75, 3.05) is 0 Å². The standard InChI is InChI=1S/C40H24N2S/c1-3-14-29-25(9-1)11-8-16-31(29)39-32-20-21-37-38(33-19-18-26-10-2-4-15-30(26)40(33)43-37)34(32)24-36(42-39)28-13-7-12-27(23-28)35-17-5-6-22-41-35/h1-24H. The normalized spacial score (nSPS) is 11.7. The minimum atomic E-state index is 0.956. The van der Waals surface area contributed by atoms with Crippen molar-refractivity contribution < 1.29 is 0 Å². The molecule has 6 aromatic carbocycles. The van der Waals surface area contributed by atoms with Crippen molar-refractivity contribution in [1.29, 1.82) is 0 Å². The average Bonchev–Trinajstić information content (AvgIpc) is 3.48. The fourth-order valence-corrected chi connectivity index (χ4v) is 7.74. The van der Waals surface area contributed by atoms with E-state index in [4.69, 9.17) is 4.98 Å². The van der Waals surface area contributed by atoms with E-state index in [0.717, 1.165) is 33.8 Å². The highest BCUT2D eigenvalue weighted by Gasteiger charge is 2.18. The van der Waals surface area contributed by atoms with Gasteiger partial charge in [0.2, 0.25) is 0 Å². The van der Waals surface area contributed by atoms with Gasteiger partial charge in [-0.3, -0.25) is 4.98 Å². The molecule has 0 spiro atoms. The topological polar surface area (TPSA) is 25.8 Å². The Balaban J connectivity index is 1.40. The molecule has 0 atom stereocenters. The molecule has 0 saturated carbocycles. The van der Waals surface area contributed by atoms with Gasteiger partial charge in [0.05, 0.1) is 17.1 Å². The van der Waals surface area contributed by atoms with Gasteiger partial charge >= 0.3 is 0 Å². The minimum Gasteiger partial charge on any atom is -0.256 e. The van der Waals surface area contributed by atoms with Crippen molar-refractivity contribution in [2.24, 2.45) is 0 Å². The highest BCUT2D eigenvalue weighted by atomic mass is 32.1. The number of nitrogens with zero attached hydrogens (tertiary/aromatic N) is 2. The summed E-state index contributed by atoms with van der Waals surface area (Å²) in [5, 5.41) is 10.0. The monoisotopic (exact) mass is 564 g/mol. The molecule has 0 bridgehead atoms. The fourth-order valence-electron chi connectivity index (χ4n) is 6.48. The number of aromatic nitrogens is 2. The van der Waals surface area contributed by atoms with Gasteiger partial charge < -0.3 is 0 Å². The van der Waals surface area contributed by atoms with Crippen LogP contribution in [0.4, 0.5) is 0 Å². The van der Waals surface area contributed by atoms with Gasteiger partial charge in [0, 0.05) is 48.4 Å². The summed E-state index contributed by atoms with van der Waals surface area (Å²) >= 11 is 1.88. The fraction of sp³-hybridized carbons (Fsp3) is 0. The van der Waals surface area contributed by atoms with Gasteiger partial charge in [0.15, 0.2) is 0 Å². The van der Waals surface area contributed by atoms with Crippen LogP contribution >= 0.6 is 11.3 Å². The van der Waals surface area contributed by atoms with Gasteiger partial charge in [-0.15, -0.1) is 11.3 Å². The van der Waals surface area contributed by atoms with E-state index in [0.29, 0.717) is 0 Å². The highest BCUT2D eigenvalue weighted by Crippen LogP contribution is 2.45. The van der Waals surface area contributed by atoms with E-state index in [1.807, 2.05) is 29.7 Å². The Bertz CT molecular complexity index is 2500. The number of fused-ring (bicyclic) bond motifs is 8. The van der Waals surface area contributed by atoms with Crippen LogP contribution in [-0.2, 0) is 0 Å². The number of pyridine rings is 2. The number of rotatable bonds is 3. The van der Waals surface area contributed by atoms with Gasteiger partial charge in [-0.05, 0) is 57.3 Å². The van der Waals surface area contributed by atoms with Crippen LogP contribution in [0.2, 0.25) is 0 Å². The molecule has 0 aliphatic rings. The maximum Gasteiger partial charge on any atom is 0.0794 e. The molecule has 2 nitrogen and oxygen atoms in total. The molecule has 0 saturated heterocycles. The lowest BCUT2D eigenvalue weighted by molar-refractivity contribution is 1.32. The van der Waals surface area contributed by atoms with Crippen molar-refractivity contribution >= 4 is 63.8 Å². The second-order valence-corrected chi connectivity index (χ2v) is 12.0. The van der Waals surface area contributed by atoms with E-state index >= 15 is 0 Å². The van der Waals surface area contributed by atoms with Gasteiger partial charge in [-0.1, -0.05) is 109 Å². The summed E-state index contributed by atoms with van der Waals surface area (Å²) in [6.45, 7) is 0. The Morgan fingerprint density at radius 2 is 1.19 bits per heavy atom. The molecule has 0 unspecified atom stereocenters. The zero-order chi connectivity index (χ0) is 28.3. The Morgan fingerprint density at radius 1 is 0.465 bits per heavy atom. The molecule has 0 aliphatic carbocycles. The second kappa shape index (κ2) is 9.59. The summed E-state index contributed by atoms with van der Waals surface area (Å²) in [4.78, 5) is 10.0. The van der Waals surface area contributed by atoms with Crippen LogP contribution in [0.1, 0.15) is 0 Å². The summed E-state index contributed by atoms with van der Waals surface area (Å²) in [5.41, 5.74) is 6.23. The number of hydrogen-bond donors (Lipinski definition) is 0. The van der Waals surface area contributed by atoms with E-state index < -0.39 is 0 Å². The van der Waals surface area contributed by atoms with Crippen molar-refractivity contribution in [3.05, 3.63) is 146 Å². The Hall–Kier alpha value is -5.38. The minimum absolute atomic E-state index is 0.956. The van der Waals surface area contributed by atoms with Crippen LogP contribution in [0.3, 0.4) is 0 Å². The van der Waals surface area contributed by atoms with E-state index in [2.05, 4.69) is 132 Å². The van der Waals surface area contributed by atoms with Crippen LogP contribution in [0.5, 0.6) is 0 Å². The van der Waals surface area contributed by atoms with Crippen LogP contribution < -0.4 is 0 Å². The molecule has 0 N–H and O–H groups in total. The second-order valence-electron chi connectivity index (χ2n) is 11.0. The summed E-state index contributed by atoms with van der Waals surface area (Å²) in [6, 6.07) is 49.9. The van der Waals surface area contributed by atoms with Crippen molar-refractivity contribution in [1.82, 2.24) is 9.97 Å². The first kappa shape index (κ1) is 24.2. The molecule has 0 aliphatic heterocycles. The zero-order valence-electron chi connectivity index (χ0n) is 23.2. The molecule has 0 radical (unpaired) electrons. The van der Waals surface area contributed by atoms with Crippen molar-refractivity contribution in [3.63, 3.8) is 0 Å². The summed E-state index contributed by atoms with van der Waals surface area (Å²) < 4.78 is 2.63. The van der Waals surface area contributed by atoms with Crippen molar-refractivity contribution in [3.8, 4) is 33.8 Å². The Morgan fingerprint density at radius 3 is 2.05 bits per heavy atom. The third-order valence-electron chi connectivity index (χ3n) is 8.50. The van der Waals surface area contributed by atoms with Crippen LogP contribution in [0.15, 0.2) is 146 Å². The summed E-state index contributed by atoms with van der Waals surface area (Å²) in [5.74, 6) is 0. The zero-order valence-corrected chi connectivity index (χ0v) is 24.0. The van der Waals surface area contributed by atoms with Gasteiger partial charge in [0.25, 0.3) is 0 Å². The molecule has 9 rings (SSSR count). The molecule has 0 fully saturated rings. The summed E-state index contributed by atoms with van der Waals surface area (Å²) in [7, 11) is 0. The van der Waals surface area contributed by atoms with Crippen LogP contribution in [0, 0.1) is 0 Å². The van der Waals surface area contributed by atoms with Gasteiger partial charge in [0.1, 0.15) is 0 Å². The Labute approximate surface area is 252 Å². The smallest absolute Gasteiger partial charge is 0.0794 e. The summed E-state index contributed by atoms with van der Waals surface area (Å²) in [6.07, 6.45) is 1.84. The molecular formula is C40H24N2S. The van der Waals surface area contributed by atoms with Crippen molar-refractivity contribution in [2.45, 2.75) is 0 Å². The first-order valence-corrected chi connectivity index (χ1v) is 15.3. The molecule has 3 heterocycles.